The second-order valence-electron chi connectivity index (χ2n) is 4.51. The predicted octanol–water partition coefficient (Wildman–Crippen LogP) is -0.539. The molecule has 0 unspecified atom stereocenters. The van der Waals surface area contributed by atoms with Gasteiger partial charge in [0.2, 0.25) is 11.8 Å². The Morgan fingerprint density at radius 2 is 1.95 bits per heavy atom. The Balaban J connectivity index is 2.53. The lowest BCUT2D eigenvalue weighted by atomic mass is 10.0. The van der Waals surface area contributed by atoms with E-state index in [4.69, 9.17) is 10.8 Å². The summed E-state index contributed by atoms with van der Waals surface area (Å²) < 4.78 is 0. The average molecular weight is 293 g/mol. The molecule has 0 aliphatic rings. The Labute approximate surface area is 122 Å². The van der Waals surface area contributed by atoms with Gasteiger partial charge in [-0.25, -0.2) is 4.79 Å². The fourth-order valence-corrected chi connectivity index (χ4v) is 1.74. The third-order valence-electron chi connectivity index (χ3n) is 3.01. The molecule has 0 atom stereocenters. The van der Waals surface area contributed by atoms with Gasteiger partial charge in [-0.2, -0.15) is 0 Å². The van der Waals surface area contributed by atoms with Crippen molar-refractivity contribution in [1.29, 1.82) is 0 Å². The number of hydrogen-bond acceptors (Lipinski definition) is 4. The first kappa shape index (κ1) is 16.6. The van der Waals surface area contributed by atoms with Crippen LogP contribution in [0.2, 0.25) is 0 Å². The standard InChI is InChI=1S/C14H19N3O4/c1-17(13(19)9-16-12(18)8-15)7-6-10-4-2-3-5-11(10)14(20)21/h2-5H,6-9,15H2,1H3,(H,16,18)(H,20,21). The lowest BCUT2D eigenvalue weighted by molar-refractivity contribution is -0.131. The van der Waals surface area contributed by atoms with Gasteiger partial charge < -0.3 is 21.1 Å². The van der Waals surface area contributed by atoms with Gasteiger partial charge >= 0.3 is 5.97 Å². The molecule has 0 heterocycles. The van der Waals surface area contributed by atoms with E-state index in [9.17, 15) is 14.4 Å². The lowest BCUT2D eigenvalue weighted by Gasteiger charge is -2.18. The van der Waals surface area contributed by atoms with Crippen molar-refractivity contribution in [2.45, 2.75) is 6.42 Å². The minimum absolute atomic E-state index is 0.118. The number of hydrogen-bond donors (Lipinski definition) is 3. The quantitative estimate of drug-likeness (QED) is 0.625. The monoisotopic (exact) mass is 293 g/mol. The topological polar surface area (TPSA) is 113 Å². The third-order valence-corrected chi connectivity index (χ3v) is 3.01. The molecule has 0 aliphatic carbocycles. The van der Waals surface area contributed by atoms with Gasteiger partial charge in [-0.05, 0) is 18.1 Å². The maximum Gasteiger partial charge on any atom is 0.335 e. The second kappa shape index (κ2) is 8.01. The van der Waals surface area contributed by atoms with Crippen molar-refractivity contribution in [2.75, 3.05) is 26.7 Å². The minimum Gasteiger partial charge on any atom is -0.478 e. The minimum atomic E-state index is -0.991. The van der Waals surface area contributed by atoms with Crippen molar-refractivity contribution in [3.63, 3.8) is 0 Å². The second-order valence-corrected chi connectivity index (χ2v) is 4.51. The zero-order valence-electron chi connectivity index (χ0n) is 11.8. The summed E-state index contributed by atoms with van der Waals surface area (Å²) in [5.41, 5.74) is 6.02. The number of carbonyl (C=O) groups excluding carboxylic acids is 2. The molecule has 1 aromatic carbocycles. The van der Waals surface area contributed by atoms with E-state index in [1.807, 2.05) is 0 Å². The van der Waals surface area contributed by atoms with E-state index in [0.29, 0.717) is 18.5 Å². The largest absolute Gasteiger partial charge is 0.478 e. The first-order valence-electron chi connectivity index (χ1n) is 6.47. The number of carboxylic acids is 1. The van der Waals surface area contributed by atoms with Gasteiger partial charge in [0.1, 0.15) is 0 Å². The van der Waals surface area contributed by atoms with Gasteiger partial charge in [0.25, 0.3) is 0 Å². The van der Waals surface area contributed by atoms with E-state index >= 15 is 0 Å². The number of carbonyl (C=O) groups is 3. The zero-order valence-corrected chi connectivity index (χ0v) is 11.8. The molecule has 7 nitrogen and oxygen atoms in total. The molecule has 0 aliphatic heterocycles. The SMILES string of the molecule is CN(CCc1ccccc1C(=O)O)C(=O)CNC(=O)CN. The highest BCUT2D eigenvalue weighted by Crippen LogP contribution is 2.10. The van der Waals surface area contributed by atoms with Crippen molar-refractivity contribution >= 4 is 17.8 Å². The van der Waals surface area contributed by atoms with Gasteiger partial charge in [-0.1, -0.05) is 18.2 Å². The van der Waals surface area contributed by atoms with Gasteiger partial charge in [0.05, 0.1) is 18.7 Å². The van der Waals surface area contributed by atoms with E-state index in [1.54, 1.807) is 25.2 Å². The molecule has 7 heteroatoms. The summed E-state index contributed by atoms with van der Waals surface area (Å²) in [6.07, 6.45) is 0.426. The molecule has 4 N–H and O–H groups in total. The highest BCUT2D eigenvalue weighted by molar-refractivity contribution is 5.89. The molecule has 0 saturated heterocycles. The van der Waals surface area contributed by atoms with Crippen LogP contribution in [0.1, 0.15) is 15.9 Å². The van der Waals surface area contributed by atoms with Crippen molar-refractivity contribution in [2.24, 2.45) is 5.73 Å². The molecule has 0 aromatic heterocycles. The van der Waals surface area contributed by atoms with Crippen LogP contribution in [0.15, 0.2) is 24.3 Å². The first-order chi connectivity index (χ1) is 9.95. The van der Waals surface area contributed by atoms with Crippen LogP contribution in [0.4, 0.5) is 0 Å². The smallest absolute Gasteiger partial charge is 0.335 e. The third kappa shape index (κ3) is 5.23. The Bertz CT molecular complexity index is 531. The number of benzene rings is 1. The van der Waals surface area contributed by atoms with Crippen LogP contribution in [0, 0.1) is 0 Å². The normalized spacial score (nSPS) is 10.0. The summed E-state index contributed by atoms with van der Waals surface area (Å²) in [6.45, 7) is 0.0811. The summed E-state index contributed by atoms with van der Waals surface area (Å²) in [5.74, 6) is -1.65. The van der Waals surface area contributed by atoms with E-state index < -0.39 is 11.9 Å². The van der Waals surface area contributed by atoms with E-state index in [0.717, 1.165) is 0 Å². The Morgan fingerprint density at radius 3 is 2.57 bits per heavy atom. The van der Waals surface area contributed by atoms with Crippen molar-refractivity contribution in [1.82, 2.24) is 10.2 Å². The average Bonchev–Trinajstić information content (AvgIpc) is 2.49. The number of likely N-dealkylation sites (N-methyl/N-ethyl adjacent to an activating group) is 1. The number of aromatic carboxylic acids is 1. The summed E-state index contributed by atoms with van der Waals surface area (Å²) in [4.78, 5) is 35.2. The summed E-state index contributed by atoms with van der Waals surface area (Å²) in [5, 5.41) is 11.5. The van der Waals surface area contributed by atoms with E-state index in [1.165, 1.54) is 11.0 Å². The summed E-state index contributed by atoms with van der Waals surface area (Å²) in [7, 11) is 1.60. The van der Waals surface area contributed by atoms with Crippen LogP contribution in [0.3, 0.4) is 0 Å². The maximum absolute atomic E-state index is 11.8. The number of nitrogens with two attached hydrogens (primary N) is 1. The number of amides is 2. The van der Waals surface area contributed by atoms with Crippen molar-refractivity contribution in [3.8, 4) is 0 Å². The van der Waals surface area contributed by atoms with Gasteiger partial charge in [-0.3, -0.25) is 9.59 Å². The highest BCUT2D eigenvalue weighted by atomic mass is 16.4. The van der Waals surface area contributed by atoms with Gasteiger partial charge in [0, 0.05) is 13.6 Å². The van der Waals surface area contributed by atoms with Crippen LogP contribution in [-0.2, 0) is 16.0 Å². The molecule has 1 aromatic rings. The van der Waals surface area contributed by atoms with Gasteiger partial charge in [-0.15, -0.1) is 0 Å². The first-order valence-corrected chi connectivity index (χ1v) is 6.47. The van der Waals surface area contributed by atoms with Crippen LogP contribution in [0.5, 0.6) is 0 Å². The molecule has 0 spiro atoms. The molecule has 21 heavy (non-hydrogen) atoms. The van der Waals surface area contributed by atoms with Crippen LogP contribution in [-0.4, -0.2) is 54.5 Å². The molecule has 2 amide bonds. The van der Waals surface area contributed by atoms with Crippen molar-refractivity contribution < 1.29 is 19.5 Å². The predicted molar refractivity (Wildman–Crippen MR) is 76.8 cm³/mol. The molecule has 114 valence electrons. The fourth-order valence-electron chi connectivity index (χ4n) is 1.74. The molecule has 1 rings (SSSR count). The number of carboxylic acid groups (broad SMARTS) is 1. The molecule has 0 saturated carbocycles. The van der Waals surface area contributed by atoms with E-state index in [-0.39, 0.29) is 24.6 Å². The number of nitrogens with one attached hydrogen (secondary N) is 1. The zero-order chi connectivity index (χ0) is 15.8. The fraction of sp³-hybridized carbons (Fsp3) is 0.357. The van der Waals surface area contributed by atoms with Crippen LogP contribution in [0.25, 0.3) is 0 Å². The summed E-state index contributed by atoms with van der Waals surface area (Å²) in [6, 6.07) is 6.66. The molecule has 0 radical (unpaired) electrons. The van der Waals surface area contributed by atoms with Crippen molar-refractivity contribution in [3.05, 3.63) is 35.4 Å². The number of rotatable bonds is 7. The maximum atomic E-state index is 11.8. The Morgan fingerprint density at radius 1 is 1.29 bits per heavy atom. The van der Waals surface area contributed by atoms with Crippen LogP contribution < -0.4 is 11.1 Å². The summed E-state index contributed by atoms with van der Waals surface area (Å²) >= 11 is 0. The molecule has 0 fully saturated rings. The Hall–Kier alpha value is -2.41. The highest BCUT2D eigenvalue weighted by Gasteiger charge is 2.13. The lowest BCUT2D eigenvalue weighted by Crippen LogP contribution is -2.41. The van der Waals surface area contributed by atoms with Crippen LogP contribution >= 0.6 is 0 Å². The van der Waals surface area contributed by atoms with Gasteiger partial charge in [0.15, 0.2) is 0 Å². The van der Waals surface area contributed by atoms with E-state index in [2.05, 4.69) is 5.32 Å². The molecular weight excluding hydrogens is 274 g/mol. The molecule has 0 bridgehead atoms. The Kier molecular flexibility index (Phi) is 6.35. The number of nitrogens with zero attached hydrogens (tertiary/aromatic N) is 1. The molecular formula is C14H19N3O4.